The van der Waals surface area contributed by atoms with Crippen LogP contribution in [-0.2, 0) is 4.79 Å². The van der Waals surface area contributed by atoms with Gasteiger partial charge in [0.2, 0.25) is 5.91 Å². The van der Waals surface area contributed by atoms with Gasteiger partial charge >= 0.3 is 0 Å². The highest BCUT2D eigenvalue weighted by molar-refractivity contribution is 6.31. The summed E-state index contributed by atoms with van der Waals surface area (Å²) in [5, 5.41) is 0.108. The van der Waals surface area contributed by atoms with Crippen molar-refractivity contribution < 1.29 is 14.0 Å². The van der Waals surface area contributed by atoms with Crippen LogP contribution in [0.5, 0.6) is 0 Å². The third-order valence-corrected chi connectivity index (χ3v) is 4.31. The summed E-state index contributed by atoms with van der Waals surface area (Å²) in [7, 11) is 0. The Morgan fingerprint density at radius 3 is 2.38 bits per heavy atom. The Morgan fingerprint density at radius 2 is 1.77 bits per heavy atom. The maximum absolute atomic E-state index is 14.3. The van der Waals surface area contributed by atoms with E-state index in [0.717, 1.165) is 11.8 Å². The molecule has 1 unspecified atom stereocenters. The van der Waals surface area contributed by atoms with Crippen molar-refractivity contribution in [2.24, 2.45) is 5.73 Å². The number of hydrogen-bond donors (Lipinski definition) is 1. The maximum Gasteiger partial charge on any atom is 0.231 e. The predicted molar refractivity (Wildman–Crippen MR) is 97.5 cm³/mol. The zero-order valence-electron chi connectivity index (χ0n) is 13.5. The summed E-state index contributed by atoms with van der Waals surface area (Å²) in [6.45, 7) is 0. The SMILES string of the molecule is NC(=O)C(c1cccc(-c2ccc(C=O)cc2)n1)c1c(F)cccc1Cl. The minimum atomic E-state index is -1.11. The van der Waals surface area contributed by atoms with E-state index in [0.29, 0.717) is 17.0 Å². The van der Waals surface area contributed by atoms with Crippen molar-refractivity contribution in [1.82, 2.24) is 4.98 Å². The minimum Gasteiger partial charge on any atom is -0.369 e. The molecule has 1 aromatic heterocycles. The molecule has 1 heterocycles. The van der Waals surface area contributed by atoms with Crippen LogP contribution in [0.2, 0.25) is 5.02 Å². The lowest BCUT2D eigenvalue weighted by Gasteiger charge is -2.16. The molecule has 0 radical (unpaired) electrons. The van der Waals surface area contributed by atoms with Crippen molar-refractivity contribution in [2.45, 2.75) is 5.92 Å². The molecule has 0 bridgehead atoms. The van der Waals surface area contributed by atoms with Gasteiger partial charge in [-0.1, -0.05) is 48.0 Å². The number of primary amides is 1. The largest absolute Gasteiger partial charge is 0.369 e. The molecule has 2 N–H and O–H groups in total. The van der Waals surface area contributed by atoms with Gasteiger partial charge in [0, 0.05) is 21.7 Å². The molecule has 0 spiro atoms. The van der Waals surface area contributed by atoms with Gasteiger partial charge in [0.05, 0.1) is 11.4 Å². The third-order valence-electron chi connectivity index (χ3n) is 3.98. The first-order chi connectivity index (χ1) is 12.5. The molecule has 1 amide bonds. The van der Waals surface area contributed by atoms with Crippen LogP contribution in [0.25, 0.3) is 11.3 Å². The Balaban J connectivity index is 2.09. The van der Waals surface area contributed by atoms with Crippen LogP contribution in [0.1, 0.15) is 27.5 Å². The Hall–Kier alpha value is -3.05. The van der Waals surface area contributed by atoms with Gasteiger partial charge in [0.1, 0.15) is 18.0 Å². The second-order valence-corrected chi connectivity index (χ2v) is 6.07. The maximum atomic E-state index is 14.3. The summed E-state index contributed by atoms with van der Waals surface area (Å²) in [5.74, 6) is -2.49. The molecule has 0 aliphatic heterocycles. The molecule has 26 heavy (non-hydrogen) atoms. The fourth-order valence-corrected chi connectivity index (χ4v) is 3.00. The molecule has 6 heteroatoms. The van der Waals surface area contributed by atoms with E-state index >= 15 is 0 Å². The van der Waals surface area contributed by atoms with Crippen LogP contribution < -0.4 is 5.73 Å². The van der Waals surface area contributed by atoms with Gasteiger partial charge in [0.15, 0.2) is 0 Å². The highest BCUT2D eigenvalue weighted by Gasteiger charge is 2.27. The number of carbonyl (C=O) groups is 2. The van der Waals surface area contributed by atoms with E-state index in [9.17, 15) is 14.0 Å². The molecule has 0 saturated heterocycles. The summed E-state index contributed by atoms with van der Waals surface area (Å²) in [5.41, 5.74) is 7.68. The van der Waals surface area contributed by atoms with Crippen LogP contribution >= 0.6 is 11.6 Å². The highest BCUT2D eigenvalue weighted by Crippen LogP contribution is 2.32. The quantitative estimate of drug-likeness (QED) is 0.692. The number of halogens is 2. The second kappa shape index (κ2) is 7.45. The number of rotatable bonds is 5. The van der Waals surface area contributed by atoms with E-state index in [2.05, 4.69) is 4.98 Å². The molecule has 3 aromatic rings. The number of nitrogens with zero attached hydrogens (tertiary/aromatic N) is 1. The number of nitrogens with two attached hydrogens (primary N) is 1. The number of aromatic nitrogens is 1. The Labute approximate surface area is 154 Å². The fourth-order valence-electron chi connectivity index (χ4n) is 2.73. The molecule has 4 nitrogen and oxygen atoms in total. The average molecular weight is 369 g/mol. The van der Waals surface area contributed by atoms with E-state index in [1.54, 1.807) is 42.5 Å². The molecule has 130 valence electrons. The van der Waals surface area contributed by atoms with Gasteiger partial charge in [-0.25, -0.2) is 4.39 Å². The molecular formula is C20H14ClFN2O2. The molecule has 0 fully saturated rings. The molecule has 3 rings (SSSR count). The van der Waals surface area contributed by atoms with E-state index in [-0.39, 0.29) is 10.6 Å². The number of carbonyl (C=O) groups excluding carboxylic acids is 2. The number of pyridine rings is 1. The van der Waals surface area contributed by atoms with Gasteiger partial charge in [-0.15, -0.1) is 0 Å². The van der Waals surface area contributed by atoms with Crippen molar-refractivity contribution >= 4 is 23.8 Å². The van der Waals surface area contributed by atoms with Crippen LogP contribution in [0.4, 0.5) is 4.39 Å². The lowest BCUT2D eigenvalue weighted by Crippen LogP contribution is -2.24. The first-order valence-corrected chi connectivity index (χ1v) is 8.15. The Bertz CT molecular complexity index is 954. The summed E-state index contributed by atoms with van der Waals surface area (Å²) in [6, 6.07) is 16.0. The molecule has 0 aliphatic rings. The van der Waals surface area contributed by atoms with E-state index < -0.39 is 17.6 Å². The van der Waals surface area contributed by atoms with Gasteiger partial charge < -0.3 is 5.73 Å². The second-order valence-electron chi connectivity index (χ2n) is 5.66. The van der Waals surface area contributed by atoms with Crippen molar-refractivity contribution in [3.8, 4) is 11.3 Å². The van der Waals surface area contributed by atoms with E-state index in [4.69, 9.17) is 17.3 Å². The van der Waals surface area contributed by atoms with Gasteiger partial charge in [-0.3, -0.25) is 14.6 Å². The monoisotopic (exact) mass is 368 g/mol. The van der Waals surface area contributed by atoms with Crippen molar-refractivity contribution in [2.75, 3.05) is 0 Å². The lowest BCUT2D eigenvalue weighted by atomic mass is 9.93. The topological polar surface area (TPSA) is 73.1 Å². The summed E-state index contributed by atoms with van der Waals surface area (Å²) >= 11 is 6.10. The number of amides is 1. The van der Waals surface area contributed by atoms with Crippen LogP contribution in [0, 0.1) is 5.82 Å². The summed E-state index contributed by atoms with van der Waals surface area (Å²) in [6.07, 6.45) is 0.747. The van der Waals surface area contributed by atoms with Gasteiger partial charge in [-0.05, 0) is 24.3 Å². The number of hydrogen-bond acceptors (Lipinski definition) is 3. The first kappa shape index (κ1) is 17.8. The Morgan fingerprint density at radius 1 is 1.08 bits per heavy atom. The molecule has 0 saturated carbocycles. The van der Waals surface area contributed by atoms with Crippen LogP contribution in [-0.4, -0.2) is 17.2 Å². The van der Waals surface area contributed by atoms with Crippen molar-refractivity contribution in [1.29, 1.82) is 0 Å². The molecule has 0 aliphatic carbocycles. The lowest BCUT2D eigenvalue weighted by molar-refractivity contribution is -0.118. The highest BCUT2D eigenvalue weighted by atomic mass is 35.5. The third kappa shape index (κ3) is 3.48. The zero-order chi connectivity index (χ0) is 18.7. The van der Waals surface area contributed by atoms with Gasteiger partial charge in [0.25, 0.3) is 0 Å². The Kier molecular flexibility index (Phi) is 5.09. The number of benzene rings is 2. The van der Waals surface area contributed by atoms with E-state index in [1.165, 1.54) is 18.2 Å². The molecule has 2 aromatic carbocycles. The normalized spacial score (nSPS) is 11.8. The van der Waals surface area contributed by atoms with Crippen LogP contribution in [0.15, 0.2) is 60.7 Å². The smallest absolute Gasteiger partial charge is 0.231 e. The standard InChI is InChI=1S/C20H14ClFN2O2/c21-14-3-1-4-15(22)18(14)19(20(23)26)17-6-2-5-16(24-17)13-9-7-12(11-25)8-10-13/h1-11,19H,(H2,23,26). The van der Waals surface area contributed by atoms with Crippen molar-refractivity contribution in [3.05, 3.63) is 88.3 Å². The summed E-state index contributed by atoms with van der Waals surface area (Å²) < 4.78 is 14.3. The average Bonchev–Trinajstić information content (AvgIpc) is 2.64. The van der Waals surface area contributed by atoms with E-state index in [1.807, 2.05) is 0 Å². The molecular weight excluding hydrogens is 355 g/mol. The zero-order valence-corrected chi connectivity index (χ0v) is 14.3. The fraction of sp³-hybridized carbons (Fsp3) is 0.0500. The first-order valence-electron chi connectivity index (χ1n) is 7.77. The van der Waals surface area contributed by atoms with Crippen molar-refractivity contribution in [3.63, 3.8) is 0 Å². The van der Waals surface area contributed by atoms with Crippen LogP contribution in [0.3, 0.4) is 0 Å². The minimum absolute atomic E-state index is 0.00243. The predicted octanol–water partition coefficient (Wildman–Crippen LogP) is 3.97. The molecule has 1 atom stereocenters. The summed E-state index contributed by atoms with van der Waals surface area (Å²) in [4.78, 5) is 27.3. The number of aldehydes is 1. The van der Waals surface area contributed by atoms with Gasteiger partial charge in [-0.2, -0.15) is 0 Å².